The second-order valence-corrected chi connectivity index (χ2v) is 7.28. The summed E-state index contributed by atoms with van der Waals surface area (Å²) >= 11 is 0. The summed E-state index contributed by atoms with van der Waals surface area (Å²) in [7, 11) is -2.05. The highest BCUT2D eigenvalue weighted by molar-refractivity contribution is 7.89. The summed E-state index contributed by atoms with van der Waals surface area (Å²) in [5.74, 6) is 0. The first kappa shape index (κ1) is 14.9. The molecule has 108 valence electrons. The average Bonchev–Trinajstić information content (AvgIpc) is 2.45. The maximum Gasteiger partial charge on any atom is 0.243 e. The lowest BCUT2D eigenvalue weighted by molar-refractivity contribution is 0.274. The van der Waals surface area contributed by atoms with Crippen molar-refractivity contribution in [3.63, 3.8) is 0 Å². The third-order valence-electron chi connectivity index (χ3n) is 3.63. The quantitative estimate of drug-likeness (QED) is 0.929. The second kappa shape index (κ2) is 5.12. The van der Waals surface area contributed by atoms with Crippen LogP contribution >= 0.6 is 0 Å². The van der Waals surface area contributed by atoms with E-state index in [4.69, 9.17) is 5.73 Å². The molecule has 1 aromatic carbocycles. The number of nitrogens with two attached hydrogens (primary N) is 1. The maximum atomic E-state index is 12.8. The van der Waals surface area contributed by atoms with E-state index in [9.17, 15) is 8.42 Å². The molecule has 2 rings (SSSR count). The lowest BCUT2D eigenvalue weighted by Gasteiger charge is -2.33. The predicted molar refractivity (Wildman–Crippen MR) is 79.8 cm³/mol. The summed E-state index contributed by atoms with van der Waals surface area (Å²) < 4.78 is 26.9. The predicted octanol–water partition coefficient (Wildman–Crippen LogP) is 1.59. The third kappa shape index (κ3) is 2.42. The highest BCUT2D eigenvalue weighted by Gasteiger charge is 2.33. The molecule has 0 fully saturated rings. The van der Waals surface area contributed by atoms with Gasteiger partial charge in [-0.1, -0.05) is 12.1 Å². The summed E-state index contributed by atoms with van der Waals surface area (Å²) in [6.07, 6.45) is 3.25. The highest BCUT2D eigenvalue weighted by atomic mass is 32.2. The first-order chi connectivity index (χ1) is 9.30. The van der Waals surface area contributed by atoms with Crippen LogP contribution in [0, 0.1) is 0 Å². The van der Waals surface area contributed by atoms with Crippen molar-refractivity contribution in [3.8, 4) is 0 Å². The van der Waals surface area contributed by atoms with E-state index in [1.54, 1.807) is 51.5 Å². The lowest BCUT2D eigenvalue weighted by atomic mass is 10.1. The number of nitrogens with zero attached hydrogens (tertiary/aromatic N) is 2. The fraction of sp³-hybridized carbons (Fsp3) is 0.357. The molecule has 0 amide bonds. The molecule has 0 saturated carbocycles. The smallest absolute Gasteiger partial charge is 0.243 e. The van der Waals surface area contributed by atoms with E-state index in [0.29, 0.717) is 5.39 Å². The van der Waals surface area contributed by atoms with Gasteiger partial charge in [-0.2, -0.15) is 4.31 Å². The Balaban J connectivity index is 2.64. The molecule has 0 atom stereocenters. The van der Waals surface area contributed by atoms with Crippen LogP contribution in [0.4, 0.5) is 0 Å². The molecule has 0 spiro atoms. The summed E-state index contributed by atoms with van der Waals surface area (Å²) in [4.78, 5) is 4.30. The van der Waals surface area contributed by atoms with Crippen molar-refractivity contribution in [1.29, 1.82) is 0 Å². The Kier molecular flexibility index (Phi) is 3.82. The SMILES string of the molecule is CN(C(C)(C)CN)S(=O)(=O)c1cccc2cnccc12. The van der Waals surface area contributed by atoms with Gasteiger partial charge in [-0.3, -0.25) is 4.98 Å². The van der Waals surface area contributed by atoms with Crippen molar-refractivity contribution in [2.45, 2.75) is 24.3 Å². The monoisotopic (exact) mass is 293 g/mol. The Labute approximate surface area is 119 Å². The van der Waals surface area contributed by atoms with Gasteiger partial charge >= 0.3 is 0 Å². The van der Waals surface area contributed by atoms with Crippen LogP contribution in [0.3, 0.4) is 0 Å². The molecule has 0 aliphatic carbocycles. The summed E-state index contributed by atoms with van der Waals surface area (Å²) in [6, 6.07) is 6.89. The van der Waals surface area contributed by atoms with Gasteiger partial charge in [0.05, 0.1) is 4.90 Å². The minimum Gasteiger partial charge on any atom is -0.329 e. The molecule has 1 heterocycles. The molecule has 2 N–H and O–H groups in total. The van der Waals surface area contributed by atoms with Crippen LogP contribution in [0.15, 0.2) is 41.6 Å². The maximum absolute atomic E-state index is 12.8. The van der Waals surface area contributed by atoms with Gasteiger partial charge in [0, 0.05) is 42.3 Å². The van der Waals surface area contributed by atoms with Gasteiger partial charge in [0.15, 0.2) is 0 Å². The Bertz CT molecular complexity index is 721. The number of sulfonamides is 1. The van der Waals surface area contributed by atoms with E-state index < -0.39 is 15.6 Å². The summed E-state index contributed by atoms with van der Waals surface area (Å²) in [6.45, 7) is 3.85. The van der Waals surface area contributed by atoms with Gasteiger partial charge in [0.25, 0.3) is 0 Å². The van der Waals surface area contributed by atoms with Crippen molar-refractivity contribution < 1.29 is 8.42 Å². The van der Waals surface area contributed by atoms with Gasteiger partial charge < -0.3 is 5.73 Å². The van der Waals surface area contributed by atoms with Crippen LogP contribution in [0.5, 0.6) is 0 Å². The molecule has 1 aromatic heterocycles. The third-order valence-corrected chi connectivity index (χ3v) is 5.76. The van der Waals surface area contributed by atoms with Crippen LogP contribution in [0.2, 0.25) is 0 Å². The first-order valence-corrected chi connectivity index (χ1v) is 7.76. The number of rotatable bonds is 4. The normalized spacial score (nSPS) is 13.1. The topological polar surface area (TPSA) is 76.3 Å². The Morgan fingerprint density at radius 1 is 1.30 bits per heavy atom. The molecule has 0 saturated heterocycles. The standard InChI is InChI=1S/C14H19N3O2S/c1-14(2,10-15)17(3)20(18,19)13-6-4-5-11-9-16-8-7-12(11)13/h4-9H,10,15H2,1-3H3. The average molecular weight is 293 g/mol. The number of hydrogen-bond acceptors (Lipinski definition) is 4. The highest BCUT2D eigenvalue weighted by Crippen LogP contribution is 2.27. The minimum absolute atomic E-state index is 0.245. The zero-order chi connectivity index (χ0) is 15.0. The molecule has 2 aromatic rings. The molecule has 0 bridgehead atoms. The fourth-order valence-corrected chi connectivity index (χ4v) is 3.65. The number of aromatic nitrogens is 1. The minimum atomic E-state index is -3.61. The van der Waals surface area contributed by atoms with Crippen molar-refractivity contribution in [3.05, 3.63) is 36.7 Å². The van der Waals surface area contributed by atoms with Crippen LogP contribution in [0.25, 0.3) is 10.8 Å². The largest absolute Gasteiger partial charge is 0.329 e. The molecule has 0 aliphatic rings. The van der Waals surface area contributed by atoms with E-state index >= 15 is 0 Å². The molecule has 5 nitrogen and oxygen atoms in total. The second-order valence-electron chi connectivity index (χ2n) is 5.34. The number of hydrogen-bond donors (Lipinski definition) is 1. The van der Waals surface area contributed by atoms with Gasteiger partial charge in [-0.05, 0) is 26.0 Å². The van der Waals surface area contributed by atoms with Crippen LogP contribution in [-0.2, 0) is 10.0 Å². The Hall–Kier alpha value is -1.50. The van der Waals surface area contributed by atoms with Gasteiger partial charge in [0.2, 0.25) is 10.0 Å². The molecule has 6 heteroatoms. The van der Waals surface area contributed by atoms with Gasteiger partial charge in [-0.15, -0.1) is 0 Å². The Morgan fingerprint density at radius 2 is 2.00 bits per heavy atom. The molecular formula is C14H19N3O2S. The van der Waals surface area contributed by atoms with Crippen molar-refractivity contribution >= 4 is 20.8 Å². The Morgan fingerprint density at radius 3 is 2.65 bits per heavy atom. The van der Waals surface area contributed by atoms with E-state index in [-0.39, 0.29) is 11.4 Å². The fourth-order valence-electron chi connectivity index (χ4n) is 1.92. The molecule has 0 unspecified atom stereocenters. The molecule has 20 heavy (non-hydrogen) atoms. The zero-order valence-corrected chi connectivity index (χ0v) is 12.7. The number of pyridine rings is 1. The van der Waals surface area contributed by atoms with Crippen LogP contribution in [0.1, 0.15) is 13.8 Å². The zero-order valence-electron chi connectivity index (χ0n) is 11.9. The van der Waals surface area contributed by atoms with E-state index in [1.807, 2.05) is 6.07 Å². The number of benzene rings is 1. The van der Waals surface area contributed by atoms with Crippen molar-refractivity contribution in [2.24, 2.45) is 5.73 Å². The van der Waals surface area contributed by atoms with E-state index in [1.165, 1.54) is 4.31 Å². The van der Waals surface area contributed by atoms with Gasteiger partial charge in [0.1, 0.15) is 0 Å². The van der Waals surface area contributed by atoms with E-state index in [2.05, 4.69) is 4.98 Å². The van der Waals surface area contributed by atoms with Crippen LogP contribution in [-0.4, -0.2) is 36.8 Å². The van der Waals surface area contributed by atoms with Gasteiger partial charge in [-0.25, -0.2) is 8.42 Å². The molecule has 0 aliphatic heterocycles. The van der Waals surface area contributed by atoms with Crippen LogP contribution < -0.4 is 5.73 Å². The van der Waals surface area contributed by atoms with Crippen molar-refractivity contribution in [2.75, 3.05) is 13.6 Å². The molecular weight excluding hydrogens is 274 g/mol. The summed E-state index contributed by atoms with van der Waals surface area (Å²) in [5.41, 5.74) is 5.03. The molecule has 0 radical (unpaired) electrons. The number of fused-ring (bicyclic) bond motifs is 1. The number of likely N-dealkylation sites (N-methyl/N-ethyl adjacent to an activating group) is 1. The first-order valence-electron chi connectivity index (χ1n) is 6.32. The van der Waals surface area contributed by atoms with Crippen molar-refractivity contribution in [1.82, 2.24) is 9.29 Å². The van der Waals surface area contributed by atoms with E-state index in [0.717, 1.165) is 5.39 Å². The summed E-state index contributed by atoms with van der Waals surface area (Å²) in [5, 5.41) is 1.47. The lowest BCUT2D eigenvalue weighted by Crippen LogP contribution is -2.49.